The maximum Gasteiger partial charge on any atom is 0.274 e. The number of nitrogens with zero attached hydrogens (tertiary/aromatic N) is 3. The van der Waals surface area contributed by atoms with Gasteiger partial charge in [0.1, 0.15) is 16.9 Å². The third kappa shape index (κ3) is 2.77. The van der Waals surface area contributed by atoms with Gasteiger partial charge in [-0.25, -0.2) is 4.98 Å². The normalized spacial score (nSPS) is 23.7. The van der Waals surface area contributed by atoms with E-state index in [-0.39, 0.29) is 17.9 Å². The summed E-state index contributed by atoms with van der Waals surface area (Å²) in [4.78, 5) is 32.4. The van der Waals surface area contributed by atoms with Gasteiger partial charge in [0.25, 0.3) is 5.91 Å². The first-order valence-corrected chi connectivity index (χ1v) is 9.56. The first-order valence-electron chi connectivity index (χ1n) is 9.56. The first-order chi connectivity index (χ1) is 12.5. The summed E-state index contributed by atoms with van der Waals surface area (Å²) < 4.78 is 1.87. The van der Waals surface area contributed by atoms with Crippen LogP contribution in [0.4, 0.5) is 0 Å². The minimum absolute atomic E-state index is 0.0183. The van der Waals surface area contributed by atoms with Gasteiger partial charge in [0.15, 0.2) is 0 Å². The number of rotatable bonds is 3. The number of carbonyl (C=O) groups excluding carboxylic acids is 2. The Morgan fingerprint density at radius 3 is 2.77 bits per heavy atom. The summed E-state index contributed by atoms with van der Waals surface area (Å²) in [6.07, 6.45) is 9.62. The topological polar surface area (TPSA) is 66.7 Å². The standard InChI is InChI=1S/C20H26N4O2/c1-14-7-5-11-23-13-16(22-17(14)23)18(25)24-12-6-10-20(24,2)19(26)21-15-8-3-4-9-15/h5,7,11,13,15H,3-4,6,8-10,12H2,1-2H3,(H,21,26)/t20-/m1/s1. The minimum Gasteiger partial charge on any atom is -0.351 e. The van der Waals surface area contributed by atoms with Crippen molar-refractivity contribution >= 4 is 17.5 Å². The second-order valence-corrected chi connectivity index (χ2v) is 7.84. The van der Waals surface area contributed by atoms with Crippen LogP contribution in [0.15, 0.2) is 24.5 Å². The molecule has 6 nitrogen and oxygen atoms in total. The molecule has 1 saturated carbocycles. The minimum atomic E-state index is -0.787. The number of amides is 2. The number of pyridine rings is 1. The molecule has 1 aliphatic carbocycles. The molecule has 1 N–H and O–H groups in total. The van der Waals surface area contributed by atoms with Crippen LogP contribution in [0.3, 0.4) is 0 Å². The van der Waals surface area contributed by atoms with Gasteiger partial charge in [0.2, 0.25) is 5.91 Å². The lowest BCUT2D eigenvalue weighted by Gasteiger charge is -2.34. The molecule has 26 heavy (non-hydrogen) atoms. The van der Waals surface area contributed by atoms with Gasteiger partial charge >= 0.3 is 0 Å². The summed E-state index contributed by atoms with van der Waals surface area (Å²) in [7, 11) is 0. The largest absolute Gasteiger partial charge is 0.351 e. The fourth-order valence-corrected chi connectivity index (χ4v) is 4.33. The second kappa shape index (κ2) is 6.41. The zero-order valence-electron chi connectivity index (χ0n) is 15.5. The molecule has 0 spiro atoms. The average Bonchev–Trinajstić information content (AvgIpc) is 3.34. The van der Waals surface area contributed by atoms with E-state index in [1.165, 1.54) is 12.8 Å². The van der Waals surface area contributed by atoms with Crippen LogP contribution in [-0.2, 0) is 4.79 Å². The Hall–Kier alpha value is -2.37. The van der Waals surface area contributed by atoms with Gasteiger partial charge in [-0.2, -0.15) is 0 Å². The van der Waals surface area contributed by atoms with Crippen LogP contribution in [0.25, 0.3) is 5.65 Å². The Labute approximate surface area is 153 Å². The van der Waals surface area contributed by atoms with Gasteiger partial charge in [-0.1, -0.05) is 18.9 Å². The van der Waals surface area contributed by atoms with Crippen molar-refractivity contribution in [2.75, 3.05) is 6.54 Å². The Morgan fingerprint density at radius 2 is 2.04 bits per heavy atom. The molecule has 3 heterocycles. The Kier molecular flexibility index (Phi) is 4.21. The van der Waals surface area contributed by atoms with Crippen molar-refractivity contribution in [1.82, 2.24) is 19.6 Å². The highest BCUT2D eigenvalue weighted by atomic mass is 16.2. The quantitative estimate of drug-likeness (QED) is 0.921. The van der Waals surface area contributed by atoms with Gasteiger partial charge in [0, 0.05) is 25.0 Å². The molecule has 2 aromatic rings. The zero-order chi connectivity index (χ0) is 18.3. The lowest BCUT2D eigenvalue weighted by molar-refractivity contribution is -0.130. The highest BCUT2D eigenvalue weighted by molar-refractivity contribution is 5.98. The van der Waals surface area contributed by atoms with Gasteiger partial charge in [-0.05, 0) is 51.2 Å². The third-order valence-electron chi connectivity index (χ3n) is 5.96. The van der Waals surface area contributed by atoms with Crippen LogP contribution in [0, 0.1) is 6.92 Å². The number of carbonyl (C=O) groups is 2. The molecule has 2 aliphatic rings. The van der Waals surface area contributed by atoms with E-state index in [1.807, 2.05) is 36.6 Å². The van der Waals surface area contributed by atoms with E-state index < -0.39 is 5.54 Å². The van der Waals surface area contributed by atoms with E-state index in [0.29, 0.717) is 18.7 Å². The Balaban J connectivity index is 1.59. The van der Waals surface area contributed by atoms with Crippen molar-refractivity contribution in [2.45, 2.75) is 64.0 Å². The molecule has 2 aromatic heterocycles. The predicted octanol–water partition coefficient (Wildman–Crippen LogP) is 2.70. The molecule has 2 fully saturated rings. The monoisotopic (exact) mass is 354 g/mol. The van der Waals surface area contributed by atoms with Crippen molar-refractivity contribution in [3.8, 4) is 0 Å². The Morgan fingerprint density at radius 1 is 1.27 bits per heavy atom. The van der Waals surface area contributed by atoms with E-state index in [2.05, 4.69) is 10.3 Å². The molecule has 2 amide bonds. The van der Waals surface area contributed by atoms with Gasteiger partial charge in [0.05, 0.1) is 0 Å². The maximum atomic E-state index is 13.2. The van der Waals surface area contributed by atoms with E-state index in [0.717, 1.165) is 30.5 Å². The molecule has 1 aliphatic heterocycles. The van der Waals surface area contributed by atoms with Crippen molar-refractivity contribution < 1.29 is 9.59 Å². The molecule has 138 valence electrons. The second-order valence-electron chi connectivity index (χ2n) is 7.84. The number of aryl methyl sites for hydroxylation is 1. The maximum absolute atomic E-state index is 13.2. The van der Waals surface area contributed by atoms with E-state index in [1.54, 1.807) is 11.1 Å². The smallest absolute Gasteiger partial charge is 0.274 e. The molecule has 0 bridgehead atoms. The van der Waals surface area contributed by atoms with Crippen molar-refractivity contribution in [1.29, 1.82) is 0 Å². The average molecular weight is 354 g/mol. The highest BCUT2D eigenvalue weighted by Gasteiger charge is 2.46. The number of hydrogen-bond acceptors (Lipinski definition) is 3. The van der Waals surface area contributed by atoms with E-state index in [9.17, 15) is 9.59 Å². The summed E-state index contributed by atoms with van der Waals surface area (Å²) in [5.41, 5.74) is 1.42. The third-order valence-corrected chi connectivity index (χ3v) is 5.96. The Bertz CT molecular complexity index is 853. The van der Waals surface area contributed by atoms with Crippen LogP contribution in [-0.4, -0.2) is 44.2 Å². The highest BCUT2D eigenvalue weighted by Crippen LogP contribution is 2.32. The van der Waals surface area contributed by atoms with Gasteiger partial charge < -0.3 is 14.6 Å². The summed E-state index contributed by atoms with van der Waals surface area (Å²) in [5, 5.41) is 3.17. The SMILES string of the molecule is Cc1cccn2cc(C(=O)N3CCC[C@]3(C)C(=O)NC3CCCC3)nc12. The van der Waals surface area contributed by atoms with Crippen LogP contribution in [0.5, 0.6) is 0 Å². The molecule has 0 radical (unpaired) electrons. The van der Waals surface area contributed by atoms with E-state index in [4.69, 9.17) is 0 Å². The number of aromatic nitrogens is 2. The molecular weight excluding hydrogens is 328 g/mol. The number of nitrogens with one attached hydrogen (secondary N) is 1. The van der Waals surface area contributed by atoms with Crippen molar-refractivity contribution in [3.05, 3.63) is 35.8 Å². The number of likely N-dealkylation sites (tertiary alicyclic amines) is 1. The molecule has 1 saturated heterocycles. The molecule has 4 rings (SSSR count). The van der Waals surface area contributed by atoms with Crippen molar-refractivity contribution in [3.63, 3.8) is 0 Å². The molecule has 0 aromatic carbocycles. The molecule has 6 heteroatoms. The fraction of sp³-hybridized carbons (Fsp3) is 0.550. The number of hydrogen-bond donors (Lipinski definition) is 1. The summed E-state index contributed by atoms with van der Waals surface area (Å²) in [6.45, 7) is 4.47. The fourth-order valence-electron chi connectivity index (χ4n) is 4.33. The van der Waals surface area contributed by atoms with Crippen LogP contribution in [0.1, 0.15) is 61.5 Å². The number of fused-ring (bicyclic) bond motifs is 1. The van der Waals surface area contributed by atoms with E-state index >= 15 is 0 Å². The lowest BCUT2D eigenvalue weighted by atomic mass is 9.96. The van der Waals surface area contributed by atoms with Gasteiger partial charge in [-0.15, -0.1) is 0 Å². The first kappa shape index (κ1) is 17.1. The van der Waals surface area contributed by atoms with Gasteiger partial charge in [-0.3, -0.25) is 9.59 Å². The molecule has 0 unspecified atom stereocenters. The molecule has 1 atom stereocenters. The predicted molar refractivity (Wildman–Crippen MR) is 99.0 cm³/mol. The van der Waals surface area contributed by atoms with Crippen LogP contribution in [0.2, 0.25) is 0 Å². The van der Waals surface area contributed by atoms with Crippen LogP contribution >= 0.6 is 0 Å². The number of imidazole rings is 1. The molecular formula is C20H26N4O2. The van der Waals surface area contributed by atoms with Crippen LogP contribution < -0.4 is 5.32 Å². The summed E-state index contributed by atoms with van der Waals surface area (Å²) in [5.74, 6) is -0.176. The summed E-state index contributed by atoms with van der Waals surface area (Å²) in [6, 6.07) is 4.17. The zero-order valence-corrected chi connectivity index (χ0v) is 15.5. The van der Waals surface area contributed by atoms with Crippen molar-refractivity contribution in [2.24, 2.45) is 0 Å². The lowest BCUT2D eigenvalue weighted by Crippen LogP contribution is -2.57. The summed E-state index contributed by atoms with van der Waals surface area (Å²) >= 11 is 0.